The zero-order valence-electron chi connectivity index (χ0n) is 18.3. The van der Waals surface area contributed by atoms with E-state index in [9.17, 15) is 14.4 Å². The molecule has 0 saturated heterocycles. The fraction of sp³-hybridized carbons (Fsp3) is 0.208. The largest absolute Gasteiger partial charge is 0.497 e. The van der Waals surface area contributed by atoms with Crippen molar-refractivity contribution in [3.63, 3.8) is 0 Å². The monoisotopic (exact) mass is 433 g/mol. The molecule has 8 nitrogen and oxygen atoms in total. The number of fused-ring (bicyclic) bond motifs is 1. The molecule has 0 atom stereocenters. The number of hydrogen-bond donors (Lipinski definition) is 1. The molecule has 2 aromatic carbocycles. The summed E-state index contributed by atoms with van der Waals surface area (Å²) in [5.41, 5.74) is 1.81. The molecule has 0 radical (unpaired) electrons. The van der Waals surface area contributed by atoms with Gasteiger partial charge in [0, 0.05) is 18.5 Å². The third-order valence-corrected chi connectivity index (χ3v) is 5.65. The number of aromatic nitrogens is 2. The van der Waals surface area contributed by atoms with Crippen molar-refractivity contribution in [1.29, 1.82) is 0 Å². The summed E-state index contributed by atoms with van der Waals surface area (Å²) in [4.78, 5) is 38.4. The Kier molecular flexibility index (Phi) is 5.44. The number of amides is 1. The summed E-state index contributed by atoms with van der Waals surface area (Å²) in [6.45, 7) is 3.52. The molecule has 0 bridgehead atoms. The molecule has 0 spiro atoms. The molecule has 0 aliphatic carbocycles. The minimum absolute atomic E-state index is 0.175. The summed E-state index contributed by atoms with van der Waals surface area (Å²) in [6, 6.07) is 14.3. The molecule has 2 heterocycles. The SMILES string of the molecule is COc1ccc2c(C)c(CC(=O)Nc3c(C)n(C)n(-c4ccccc4)c3=O)c(=O)oc2c1. The molecular formula is C24H23N3O5. The van der Waals surface area contributed by atoms with E-state index in [4.69, 9.17) is 9.15 Å². The molecule has 4 rings (SSSR count). The van der Waals surface area contributed by atoms with Gasteiger partial charge in [0.2, 0.25) is 5.91 Å². The van der Waals surface area contributed by atoms with Gasteiger partial charge in [-0.1, -0.05) is 18.2 Å². The van der Waals surface area contributed by atoms with E-state index in [1.54, 1.807) is 43.8 Å². The normalized spacial score (nSPS) is 11.0. The van der Waals surface area contributed by atoms with Gasteiger partial charge in [-0.3, -0.25) is 14.3 Å². The number of nitrogens with zero attached hydrogens (tertiary/aromatic N) is 2. The Morgan fingerprint density at radius 1 is 1.09 bits per heavy atom. The van der Waals surface area contributed by atoms with Crippen molar-refractivity contribution in [1.82, 2.24) is 9.36 Å². The topological polar surface area (TPSA) is 95.5 Å². The molecule has 4 aromatic rings. The Labute approximate surface area is 183 Å². The highest BCUT2D eigenvalue weighted by Gasteiger charge is 2.20. The number of carbonyl (C=O) groups excluding carboxylic acids is 1. The Balaban J connectivity index is 1.66. The van der Waals surface area contributed by atoms with Crippen LogP contribution < -0.4 is 21.2 Å². The third-order valence-electron chi connectivity index (χ3n) is 5.65. The van der Waals surface area contributed by atoms with Crippen LogP contribution in [0.3, 0.4) is 0 Å². The van der Waals surface area contributed by atoms with Gasteiger partial charge in [-0.05, 0) is 43.7 Å². The van der Waals surface area contributed by atoms with E-state index in [0.29, 0.717) is 28.3 Å². The molecule has 0 saturated carbocycles. The lowest BCUT2D eigenvalue weighted by molar-refractivity contribution is -0.115. The predicted molar refractivity (Wildman–Crippen MR) is 122 cm³/mol. The fourth-order valence-electron chi connectivity index (χ4n) is 3.76. The van der Waals surface area contributed by atoms with Crippen LogP contribution in [-0.4, -0.2) is 22.4 Å². The number of rotatable bonds is 5. The van der Waals surface area contributed by atoms with E-state index in [2.05, 4.69) is 5.32 Å². The van der Waals surface area contributed by atoms with Gasteiger partial charge in [0.05, 0.1) is 30.5 Å². The summed E-state index contributed by atoms with van der Waals surface area (Å²) >= 11 is 0. The van der Waals surface area contributed by atoms with Crippen molar-refractivity contribution in [2.45, 2.75) is 20.3 Å². The number of anilines is 1. The molecule has 0 fully saturated rings. The van der Waals surface area contributed by atoms with Crippen LogP contribution >= 0.6 is 0 Å². The van der Waals surface area contributed by atoms with Crippen molar-refractivity contribution >= 4 is 22.6 Å². The number of ether oxygens (including phenoxy) is 1. The van der Waals surface area contributed by atoms with Gasteiger partial charge in [0.1, 0.15) is 17.0 Å². The number of para-hydroxylation sites is 1. The summed E-state index contributed by atoms with van der Waals surface area (Å²) in [6.07, 6.45) is -0.213. The molecule has 8 heteroatoms. The quantitative estimate of drug-likeness (QED) is 0.488. The first-order valence-corrected chi connectivity index (χ1v) is 10.1. The molecule has 0 aliphatic rings. The van der Waals surface area contributed by atoms with E-state index in [1.807, 2.05) is 30.3 Å². The Morgan fingerprint density at radius 2 is 1.81 bits per heavy atom. The average Bonchev–Trinajstić information content (AvgIpc) is 2.99. The van der Waals surface area contributed by atoms with Crippen molar-refractivity contribution in [2.75, 3.05) is 12.4 Å². The summed E-state index contributed by atoms with van der Waals surface area (Å²) in [7, 11) is 3.28. The lowest BCUT2D eigenvalue weighted by atomic mass is 10.0. The molecule has 2 aromatic heterocycles. The van der Waals surface area contributed by atoms with Gasteiger partial charge in [0.15, 0.2) is 0 Å². The molecule has 0 unspecified atom stereocenters. The Hall–Kier alpha value is -4.07. The zero-order chi connectivity index (χ0) is 23.0. The van der Waals surface area contributed by atoms with Gasteiger partial charge < -0.3 is 14.5 Å². The summed E-state index contributed by atoms with van der Waals surface area (Å²) < 4.78 is 13.7. The first-order chi connectivity index (χ1) is 15.3. The van der Waals surface area contributed by atoms with E-state index < -0.39 is 11.5 Å². The highest BCUT2D eigenvalue weighted by molar-refractivity contribution is 5.94. The van der Waals surface area contributed by atoms with Gasteiger partial charge in [-0.15, -0.1) is 0 Å². The van der Waals surface area contributed by atoms with Gasteiger partial charge in [0.25, 0.3) is 5.56 Å². The van der Waals surface area contributed by atoms with Crippen molar-refractivity contribution in [3.05, 3.63) is 86.1 Å². The Bertz CT molecular complexity index is 1440. The van der Waals surface area contributed by atoms with Crippen LogP contribution in [0.5, 0.6) is 5.75 Å². The van der Waals surface area contributed by atoms with Crippen LogP contribution in [0, 0.1) is 13.8 Å². The fourth-order valence-corrected chi connectivity index (χ4v) is 3.76. The first-order valence-electron chi connectivity index (χ1n) is 10.1. The van der Waals surface area contributed by atoms with Gasteiger partial charge in [-0.2, -0.15) is 0 Å². The molecule has 0 aliphatic heterocycles. The van der Waals surface area contributed by atoms with Crippen LogP contribution in [0.25, 0.3) is 16.7 Å². The minimum Gasteiger partial charge on any atom is -0.497 e. The maximum absolute atomic E-state index is 13.0. The minimum atomic E-state index is -0.593. The second kappa shape index (κ2) is 8.22. The smallest absolute Gasteiger partial charge is 0.340 e. The number of carbonyl (C=O) groups is 1. The van der Waals surface area contributed by atoms with Crippen LogP contribution in [-0.2, 0) is 18.3 Å². The zero-order valence-corrected chi connectivity index (χ0v) is 18.3. The van der Waals surface area contributed by atoms with Crippen molar-refractivity contribution in [3.8, 4) is 11.4 Å². The lowest BCUT2D eigenvalue weighted by Gasteiger charge is -2.09. The molecule has 1 amide bonds. The first kappa shape index (κ1) is 21.2. The summed E-state index contributed by atoms with van der Waals surface area (Å²) in [5, 5.41) is 3.40. The lowest BCUT2D eigenvalue weighted by Crippen LogP contribution is -2.25. The van der Waals surface area contributed by atoms with E-state index in [0.717, 1.165) is 5.39 Å². The van der Waals surface area contributed by atoms with Crippen molar-refractivity contribution < 1.29 is 13.9 Å². The van der Waals surface area contributed by atoms with Crippen molar-refractivity contribution in [2.24, 2.45) is 7.05 Å². The number of benzene rings is 2. The van der Waals surface area contributed by atoms with Crippen LogP contribution in [0.1, 0.15) is 16.8 Å². The van der Waals surface area contributed by atoms with E-state index in [-0.39, 0.29) is 23.2 Å². The van der Waals surface area contributed by atoms with Gasteiger partial charge >= 0.3 is 5.63 Å². The summed E-state index contributed by atoms with van der Waals surface area (Å²) in [5.74, 6) is 0.0964. The maximum atomic E-state index is 13.0. The predicted octanol–water partition coefficient (Wildman–Crippen LogP) is 3.09. The van der Waals surface area contributed by atoms with Crippen LogP contribution in [0.4, 0.5) is 5.69 Å². The Morgan fingerprint density at radius 3 is 2.50 bits per heavy atom. The highest BCUT2D eigenvalue weighted by atomic mass is 16.5. The van der Waals surface area contributed by atoms with Crippen LogP contribution in [0.2, 0.25) is 0 Å². The van der Waals surface area contributed by atoms with E-state index in [1.165, 1.54) is 11.8 Å². The van der Waals surface area contributed by atoms with Crippen LogP contribution in [0.15, 0.2) is 62.5 Å². The highest BCUT2D eigenvalue weighted by Crippen LogP contribution is 2.24. The molecule has 164 valence electrons. The number of nitrogens with one attached hydrogen (secondary N) is 1. The van der Waals surface area contributed by atoms with Gasteiger partial charge in [-0.25, -0.2) is 9.48 Å². The second-order valence-corrected chi connectivity index (χ2v) is 7.52. The second-order valence-electron chi connectivity index (χ2n) is 7.52. The number of methoxy groups -OCH3 is 1. The average molecular weight is 433 g/mol. The standard InChI is InChI=1S/C24H23N3O5/c1-14-18-11-10-17(31-4)12-20(18)32-24(30)19(14)13-21(28)25-22-15(2)26(3)27(23(22)29)16-8-6-5-7-9-16/h5-12H,13H2,1-4H3,(H,25,28). The third kappa shape index (κ3) is 3.60. The number of aryl methyl sites for hydroxylation is 1. The van der Waals surface area contributed by atoms with E-state index >= 15 is 0 Å². The maximum Gasteiger partial charge on any atom is 0.340 e. The molecular weight excluding hydrogens is 410 g/mol. The molecule has 32 heavy (non-hydrogen) atoms. The number of hydrogen-bond acceptors (Lipinski definition) is 5. The molecule has 1 N–H and O–H groups in total.